The first-order valence-corrected chi connectivity index (χ1v) is 8.51. The molecule has 7 heteroatoms. The Balaban J connectivity index is 2.13. The van der Waals surface area contributed by atoms with E-state index in [0.717, 1.165) is 5.56 Å². The lowest BCUT2D eigenvalue weighted by atomic mass is 10.1. The van der Waals surface area contributed by atoms with Crippen LogP contribution in [-0.4, -0.2) is 37.9 Å². The Morgan fingerprint density at radius 2 is 1.61 bits per heavy atom. The zero-order valence-corrected chi connectivity index (χ0v) is 15.9. The van der Waals surface area contributed by atoms with Gasteiger partial charge in [0.05, 0.1) is 14.2 Å². The number of benzene rings is 2. The van der Waals surface area contributed by atoms with Crippen molar-refractivity contribution >= 4 is 18.0 Å². The van der Waals surface area contributed by atoms with E-state index < -0.39 is 11.9 Å². The predicted molar refractivity (Wildman–Crippen MR) is 103 cm³/mol. The van der Waals surface area contributed by atoms with E-state index in [1.54, 1.807) is 36.4 Å². The molecule has 0 atom stereocenters. The van der Waals surface area contributed by atoms with Crippen LogP contribution in [0.1, 0.15) is 18.1 Å². The van der Waals surface area contributed by atoms with E-state index in [1.165, 1.54) is 33.3 Å². The van der Waals surface area contributed by atoms with Gasteiger partial charge in [-0.2, -0.15) is 0 Å². The fourth-order valence-corrected chi connectivity index (χ4v) is 2.41. The Morgan fingerprint density at radius 1 is 1.00 bits per heavy atom. The van der Waals surface area contributed by atoms with Crippen LogP contribution in [-0.2, 0) is 16.0 Å². The molecule has 7 nitrogen and oxygen atoms in total. The van der Waals surface area contributed by atoms with E-state index >= 15 is 0 Å². The first-order valence-electron chi connectivity index (χ1n) is 8.51. The van der Waals surface area contributed by atoms with Gasteiger partial charge in [-0.1, -0.05) is 12.1 Å². The van der Waals surface area contributed by atoms with Crippen molar-refractivity contribution in [2.24, 2.45) is 0 Å². The van der Waals surface area contributed by atoms with Crippen LogP contribution in [0, 0.1) is 0 Å². The van der Waals surface area contributed by atoms with Crippen LogP contribution in [0.3, 0.4) is 0 Å². The van der Waals surface area contributed by atoms with Crippen molar-refractivity contribution < 1.29 is 33.6 Å². The molecule has 2 rings (SSSR count). The Hall–Kier alpha value is -3.32. The molecule has 0 aliphatic carbocycles. The molecule has 148 valence electrons. The van der Waals surface area contributed by atoms with Gasteiger partial charge >= 0.3 is 11.9 Å². The lowest BCUT2D eigenvalue weighted by Gasteiger charge is -2.13. The second-order valence-electron chi connectivity index (χ2n) is 5.72. The van der Waals surface area contributed by atoms with Gasteiger partial charge in [0.1, 0.15) is 5.75 Å². The monoisotopic (exact) mass is 386 g/mol. The third-order valence-electron chi connectivity index (χ3n) is 3.68. The summed E-state index contributed by atoms with van der Waals surface area (Å²) < 4.78 is 20.8. The summed E-state index contributed by atoms with van der Waals surface area (Å²) in [5.41, 5.74) is 1.55. The van der Waals surface area contributed by atoms with Crippen molar-refractivity contribution in [3.8, 4) is 23.0 Å². The molecule has 2 aromatic carbocycles. The highest BCUT2D eigenvalue weighted by Crippen LogP contribution is 2.39. The number of aliphatic hydroxyl groups is 1. The zero-order chi connectivity index (χ0) is 20.5. The molecule has 0 saturated carbocycles. The van der Waals surface area contributed by atoms with Gasteiger partial charge < -0.3 is 24.1 Å². The molecule has 2 aromatic rings. The highest BCUT2D eigenvalue weighted by Gasteiger charge is 2.15. The lowest BCUT2D eigenvalue weighted by Crippen LogP contribution is -2.05. The van der Waals surface area contributed by atoms with Gasteiger partial charge in [-0.3, -0.25) is 4.79 Å². The summed E-state index contributed by atoms with van der Waals surface area (Å²) >= 11 is 0. The number of hydrogen-bond acceptors (Lipinski definition) is 7. The Morgan fingerprint density at radius 3 is 2.11 bits per heavy atom. The maximum absolute atomic E-state index is 12.0. The van der Waals surface area contributed by atoms with Gasteiger partial charge in [-0.25, -0.2) is 4.79 Å². The summed E-state index contributed by atoms with van der Waals surface area (Å²) in [7, 11) is 2.87. The summed E-state index contributed by atoms with van der Waals surface area (Å²) in [6.45, 7) is 1.34. The fraction of sp³-hybridized carbons (Fsp3) is 0.238. The first kappa shape index (κ1) is 21.0. The van der Waals surface area contributed by atoms with Crippen molar-refractivity contribution in [3.63, 3.8) is 0 Å². The minimum atomic E-state index is -0.558. The molecule has 1 N–H and O–H groups in total. The second-order valence-corrected chi connectivity index (χ2v) is 5.72. The predicted octanol–water partition coefficient (Wildman–Crippen LogP) is 2.78. The van der Waals surface area contributed by atoms with Crippen molar-refractivity contribution in [3.05, 3.63) is 53.6 Å². The summed E-state index contributed by atoms with van der Waals surface area (Å²) in [5, 5.41) is 8.91. The summed E-state index contributed by atoms with van der Waals surface area (Å²) in [4.78, 5) is 23.3. The molecular formula is C21H22O7. The molecule has 0 radical (unpaired) electrons. The number of hydrogen-bond donors (Lipinski definition) is 1. The number of ether oxygens (including phenoxy) is 4. The molecule has 0 amide bonds. The van der Waals surface area contributed by atoms with E-state index in [9.17, 15) is 9.59 Å². The van der Waals surface area contributed by atoms with Crippen LogP contribution in [0.15, 0.2) is 42.5 Å². The number of carbonyl (C=O) groups excluding carboxylic acids is 2. The standard InChI is InChI=1S/C21H22O7/c1-14(23)27-21-18(25-2)12-16(13-19(21)26-3)6-9-20(24)28-17-7-4-15(5-8-17)10-11-22/h4-9,12-13,22H,10-11H2,1-3H3/b9-6+. The molecule has 0 aromatic heterocycles. The molecule has 0 heterocycles. The van der Waals surface area contributed by atoms with Gasteiger partial charge in [-0.05, 0) is 47.9 Å². The number of esters is 2. The van der Waals surface area contributed by atoms with Gasteiger partial charge in [0, 0.05) is 19.6 Å². The number of aliphatic hydroxyl groups excluding tert-OH is 1. The summed E-state index contributed by atoms with van der Waals surface area (Å²) in [6, 6.07) is 10.1. The van der Waals surface area contributed by atoms with Crippen LogP contribution in [0.2, 0.25) is 0 Å². The van der Waals surface area contributed by atoms with Crippen LogP contribution in [0.5, 0.6) is 23.0 Å². The average Bonchev–Trinajstić information content (AvgIpc) is 2.68. The van der Waals surface area contributed by atoms with Crippen molar-refractivity contribution in [2.75, 3.05) is 20.8 Å². The molecule has 0 unspecified atom stereocenters. The minimum absolute atomic E-state index is 0.0606. The van der Waals surface area contributed by atoms with E-state index in [0.29, 0.717) is 29.2 Å². The average molecular weight is 386 g/mol. The van der Waals surface area contributed by atoms with Crippen molar-refractivity contribution in [2.45, 2.75) is 13.3 Å². The number of methoxy groups -OCH3 is 2. The summed E-state index contributed by atoms with van der Waals surface area (Å²) in [5.74, 6) is 0.0892. The zero-order valence-electron chi connectivity index (χ0n) is 15.9. The Bertz CT molecular complexity index is 829. The van der Waals surface area contributed by atoms with Crippen LogP contribution >= 0.6 is 0 Å². The van der Waals surface area contributed by atoms with Gasteiger partial charge in [0.15, 0.2) is 11.5 Å². The lowest BCUT2D eigenvalue weighted by molar-refractivity contribution is -0.132. The van der Waals surface area contributed by atoms with E-state index in [-0.39, 0.29) is 12.4 Å². The van der Waals surface area contributed by atoms with Gasteiger partial charge in [0.2, 0.25) is 5.75 Å². The third kappa shape index (κ3) is 5.85. The molecule has 0 spiro atoms. The number of rotatable bonds is 8. The topological polar surface area (TPSA) is 91.3 Å². The molecular weight excluding hydrogens is 364 g/mol. The van der Waals surface area contributed by atoms with E-state index in [4.69, 9.17) is 24.1 Å². The maximum Gasteiger partial charge on any atom is 0.336 e. The number of carbonyl (C=O) groups is 2. The van der Waals surface area contributed by atoms with Gasteiger partial charge in [-0.15, -0.1) is 0 Å². The maximum atomic E-state index is 12.0. The minimum Gasteiger partial charge on any atom is -0.493 e. The van der Waals surface area contributed by atoms with E-state index in [2.05, 4.69) is 0 Å². The Kier molecular flexibility index (Phi) is 7.59. The fourth-order valence-electron chi connectivity index (χ4n) is 2.41. The normalized spacial score (nSPS) is 10.6. The Labute approximate surface area is 163 Å². The van der Waals surface area contributed by atoms with Crippen molar-refractivity contribution in [1.82, 2.24) is 0 Å². The molecule has 0 fully saturated rings. The molecule has 0 saturated heterocycles. The highest BCUT2D eigenvalue weighted by molar-refractivity contribution is 5.89. The highest BCUT2D eigenvalue weighted by atomic mass is 16.6. The van der Waals surface area contributed by atoms with Crippen LogP contribution in [0.4, 0.5) is 0 Å². The quantitative estimate of drug-likeness (QED) is 0.424. The van der Waals surface area contributed by atoms with Crippen LogP contribution < -0.4 is 18.9 Å². The first-order chi connectivity index (χ1) is 13.5. The van der Waals surface area contributed by atoms with E-state index in [1.807, 2.05) is 0 Å². The van der Waals surface area contributed by atoms with Crippen LogP contribution in [0.25, 0.3) is 6.08 Å². The largest absolute Gasteiger partial charge is 0.493 e. The third-order valence-corrected chi connectivity index (χ3v) is 3.68. The second kappa shape index (κ2) is 10.1. The smallest absolute Gasteiger partial charge is 0.336 e. The molecule has 0 aliphatic rings. The molecule has 0 aliphatic heterocycles. The van der Waals surface area contributed by atoms with Crippen molar-refractivity contribution in [1.29, 1.82) is 0 Å². The molecule has 0 bridgehead atoms. The SMILES string of the molecule is COc1cc(/C=C/C(=O)Oc2ccc(CCO)cc2)cc(OC)c1OC(C)=O. The van der Waals surface area contributed by atoms with Gasteiger partial charge in [0.25, 0.3) is 0 Å². The summed E-state index contributed by atoms with van der Waals surface area (Å²) in [6.07, 6.45) is 3.34. The molecule has 28 heavy (non-hydrogen) atoms.